The van der Waals surface area contributed by atoms with Gasteiger partial charge in [-0.1, -0.05) is 34.1 Å². The van der Waals surface area contributed by atoms with Crippen molar-refractivity contribution in [3.05, 3.63) is 58.1 Å². The van der Waals surface area contributed by atoms with Crippen LogP contribution in [0.1, 0.15) is 18.1 Å². The number of hydrogen-bond donors (Lipinski definition) is 0. The van der Waals surface area contributed by atoms with E-state index >= 15 is 0 Å². The molecule has 0 heterocycles. The molecule has 19 heavy (non-hydrogen) atoms. The maximum Gasteiger partial charge on any atom is 0.0494 e. The summed E-state index contributed by atoms with van der Waals surface area (Å²) in [5.41, 5.74) is 4.77. The predicted molar refractivity (Wildman–Crippen MR) is 87.6 cm³/mol. The summed E-state index contributed by atoms with van der Waals surface area (Å²) in [7, 11) is 0. The summed E-state index contributed by atoms with van der Waals surface area (Å²) in [5, 5.41) is 0. The van der Waals surface area contributed by atoms with Crippen molar-refractivity contribution in [1.82, 2.24) is 0 Å². The lowest BCUT2D eigenvalue weighted by Gasteiger charge is -2.26. The monoisotopic (exact) mass is 337 g/mol. The van der Waals surface area contributed by atoms with Gasteiger partial charge in [-0.15, -0.1) is 11.6 Å². The van der Waals surface area contributed by atoms with E-state index in [9.17, 15) is 0 Å². The fraction of sp³-hybridized carbons (Fsp3) is 0.250. The molecule has 0 aromatic heterocycles. The van der Waals surface area contributed by atoms with E-state index < -0.39 is 0 Å². The lowest BCUT2D eigenvalue weighted by atomic mass is 10.1. The Morgan fingerprint density at radius 1 is 1.16 bits per heavy atom. The van der Waals surface area contributed by atoms with Crippen LogP contribution in [0.3, 0.4) is 0 Å². The molecule has 3 heteroatoms. The van der Waals surface area contributed by atoms with Crippen molar-refractivity contribution in [3.63, 3.8) is 0 Å². The molecule has 2 aromatic carbocycles. The zero-order valence-electron chi connectivity index (χ0n) is 11.2. The summed E-state index contributed by atoms with van der Waals surface area (Å²) < 4.78 is 1.07. The summed E-state index contributed by atoms with van der Waals surface area (Å²) in [4.78, 5) is 2.29. The number of halogens is 2. The highest BCUT2D eigenvalue weighted by atomic mass is 79.9. The molecule has 0 unspecified atom stereocenters. The van der Waals surface area contributed by atoms with Crippen LogP contribution >= 0.6 is 27.5 Å². The minimum absolute atomic E-state index is 0.519. The van der Waals surface area contributed by atoms with Gasteiger partial charge in [0.25, 0.3) is 0 Å². The minimum atomic E-state index is 0.519. The van der Waals surface area contributed by atoms with Crippen LogP contribution in [0.15, 0.2) is 46.9 Å². The molecule has 2 aromatic rings. The topological polar surface area (TPSA) is 3.24 Å². The first-order chi connectivity index (χ1) is 9.15. The molecule has 100 valence electrons. The van der Waals surface area contributed by atoms with Gasteiger partial charge in [0.2, 0.25) is 0 Å². The van der Waals surface area contributed by atoms with Crippen LogP contribution in [-0.4, -0.2) is 6.54 Å². The Balaban J connectivity index is 2.50. The number of alkyl halides is 1. The molecule has 0 saturated carbocycles. The molecule has 0 saturated heterocycles. The summed E-state index contributed by atoms with van der Waals surface area (Å²) in [6.07, 6.45) is 0. The second-order valence-corrected chi connectivity index (χ2v) is 5.67. The van der Waals surface area contributed by atoms with Crippen molar-refractivity contribution in [2.75, 3.05) is 11.4 Å². The van der Waals surface area contributed by atoms with Crippen molar-refractivity contribution < 1.29 is 0 Å². The van der Waals surface area contributed by atoms with Gasteiger partial charge >= 0.3 is 0 Å². The summed E-state index contributed by atoms with van der Waals surface area (Å²) in [5.74, 6) is 0.519. The van der Waals surface area contributed by atoms with Crippen molar-refractivity contribution >= 4 is 38.9 Å². The van der Waals surface area contributed by atoms with Crippen LogP contribution in [0.4, 0.5) is 11.4 Å². The van der Waals surface area contributed by atoms with Gasteiger partial charge in [0.15, 0.2) is 0 Å². The Bertz CT molecular complexity index is 568. The minimum Gasteiger partial charge on any atom is -0.341 e. The van der Waals surface area contributed by atoms with Gasteiger partial charge in [-0.2, -0.15) is 0 Å². The number of anilines is 2. The lowest BCUT2D eigenvalue weighted by molar-refractivity contribution is 1.01. The predicted octanol–water partition coefficient (Wildman–Crippen LogP) is 5.65. The molecule has 0 bridgehead atoms. The van der Waals surface area contributed by atoms with Crippen molar-refractivity contribution in [3.8, 4) is 0 Å². The Labute approximate surface area is 128 Å². The van der Waals surface area contributed by atoms with E-state index in [1.165, 1.54) is 11.3 Å². The van der Waals surface area contributed by atoms with Crippen molar-refractivity contribution in [2.24, 2.45) is 0 Å². The zero-order valence-corrected chi connectivity index (χ0v) is 13.5. The van der Waals surface area contributed by atoms with Crippen molar-refractivity contribution in [2.45, 2.75) is 19.7 Å². The zero-order chi connectivity index (χ0) is 13.8. The number of nitrogens with zero attached hydrogens (tertiary/aromatic N) is 1. The van der Waals surface area contributed by atoms with Gasteiger partial charge < -0.3 is 4.90 Å². The highest BCUT2D eigenvalue weighted by Crippen LogP contribution is 2.32. The van der Waals surface area contributed by atoms with Crippen LogP contribution < -0.4 is 4.90 Å². The number of aryl methyl sites for hydroxylation is 1. The Morgan fingerprint density at radius 3 is 2.58 bits per heavy atom. The largest absolute Gasteiger partial charge is 0.341 e. The highest BCUT2D eigenvalue weighted by molar-refractivity contribution is 9.10. The maximum absolute atomic E-state index is 6.06. The first-order valence-corrected chi connectivity index (χ1v) is 7.67. The van der Waals surface area contributed by atoms with E-state index in [1.54, 1.807) is 0 Å². The van der Waals surface area contributed by atoms with Gasteiger partial charge in [-0.25, -0.2) is 0 Å². The van der Waals surface area contributed by atoms with Crippen LogP contribution in [0, 0.1) is 6.92 Å². The van der Waals surface area contributed by atoms with Crippen LogP contribution in [0.2, 0.25) is 0 Å². The van der Waals surface area contributed by atoms with Crippen LogP contribution in [0.5, 0.6) is 0 Å². The standard InChI is InChI=1S/C16H17BrClN/c1-3-19(15-6-4-5-12(2)9-15)16-10-14(17)8-7-13(16)11-18/h4-10H,3,11H2,1-2H3. The third-order valence-corrected chi connectivity index (χ3v) is 3.89. The Kier molecular flexibility index (Phi) is 4.89. The number of rotatable bonds is 4. The van der Waals surface area contributed by atoms with Crippen LogP contribution in [-0.2, 0) is 5.88 Å². The molecule has 0 radical (unpaired) electrons. The molecule has 0 aliphatic heterocycles. The van der Waals surface area contributed by atoms with E-state index in [0.717, 1.165) is 22.3 Å². The Hall–Kier alpha value is -0.990. The first-order valence-electron chi connectivity index (χ1n) is 6.34. The molecule has 0 atom stereocenters. The number of benzene rings is 2. The molecule has 0 N–H and O–H groups in total. The SMILES string of the molecule is CCN(c1cccc(C)c1)c1cc(Br)ccc1CCl. The molecule has 0 amide bonds. The molecule has 0 aliphatic carbocycles. The van der Waals surface area contributed by atoms with Crippen molar-refractivity contribution in [1.29, 1.82) is 0 Å². The lowest BCUT2D eigenvalue weighted by Crippen LogP contribution is -2.17. The quantitative estimate of drug-likeness (QED) is 0.651. The van der Waals surface area contributed by atoms with Gasteiger partial charge in [0.1, 0.15) is 0 Å². The smallest absolute Gasteiger partial charge is 0.0494 e. The van der Waals surface area contributed by atoms with Crippen LogP contribution in [0.25, 0.3) is 0 Å². The molecule has 0 aliphatic rings. The van der Waals surface area contributed by atoms with Gasteiger partial charge in [-0.05, 0) is 49.2 Å². The second kappa shape index (κ2) is 6.44. The first kappa shape index (κ1) is 14.4. The third kappa shape index (κ3) is 3.31. The summed E-state index contributed by atoms with van der Waals surface area (Å²) in [6.45, 7) is 5.17. The normalized spacial score (nSPS) is 10.5. The molecule has 0 spiro atoms. The fourth-order valence-electron chi connectivity index (χ4n) is 2.19. The van der Waals surface area contributed by atoms with E-state index in [-0.39, 0.29) is 0 Å². The summed E-state index contributed by atoms with van der Waals surface area (Å²) in [6, 6.07) is 14.8. The number of hydrogen-bond acceptors (Lipinski definition) is 1. The molecule has 1 nitrogen and oxygen atoms in total. The molecular weight excluding hydrogens is 322 g/mol. The fourth-order valence-corrected chi connectivity index (χ4v) is 2.76. The second-order valence-electron chi connectivity index (χ2n) is 4.49. The van der Waals surface area contributed by atoms with E-state index in [1.807, 2.05) is 6.07 Å². The average molecular weight is 339 g/mol. The van der Waals surface area contributed by atoms with E-state index in [4.69, 9.17) is 11.6 Å². The highest BCUT2D eigenvalue weighted by Gasteiger charge is 2.12. The van der Waals surface area contributed by atoms with Gasteiger partial charge in [-0.3, -0.25) is 0 Å². The average Bonchev–Trinajstić information content (AvgIpc) is 2.40. The maximum atomic E-state index is 6.06. The van der Waals surface area contributed by atoms with Gasteiger partial charge in [0, 0.05) is 28.3 Å². The molecular formula is C16H17BrClN. The third-order valence-electron chi connectivity index (χ3n) is 3.11. The summed E-state index contributed by atoms with van der Waals surface area (Å²) >= 11 is 9.60. The Morgan fingerprint density at radius 2 is 1.95 bits per heavy atom. The van der Waals surface area contributed by atoms with Gasteiger partial charge in [0.05, 0.1) is 0 Å². The van der Waals surface area contributed by atoms with E-state index in [2.05, 4.69) is 71.1 Å². The van der Waals surface area contributed by atoms with E-state index in [0.29, 0.717) is 5.88 Å². The molecule has 2 rings (SSSR count). The molecule has 0 fully saturated rings.